The molecular weight excluding hydrogens is 292 g/mol. The standard InChI is InChI=1S/C17H12N4O2/c22-14-3-1-12(2-4-14)17-19-10-16-15(20-17)8-11(9-18-16)7-13-5-6-23-21-13/h1-6,8-10,22H,7H2. The molecular formula is C17H12N4O2. The van der Waals surface area contributed by atoms with Gasteiger partial charge in [-0.1, -0.05) is 5.16 Å². The van der Waals surface area contributed by atoms with Gasteiger partial charge in [-0.3, -0.25) is 4.98 Å². The van der Waals surface area contributed by atoms with E-state index < -0.39 is 0 Å². The SMILES string of the molecule is Oc1ccc(-c2ncc3ncc(Cc4ccon4)cc3n2)cc1. The zero-order valence-electron chi connectivity index (χ0n) is 12.0. The summed E-state index contributed by atoms with van der Waals surface area (Å²) in [6, 6.07) is 10.6. The van der Waals surface area contributed by atoms with E-state index in [9.17, 15) is 5.11 Å². The van der Waals surface area contributed by atoms with Gasteiger partial charge in [0, 0.05) is 24.2 Å². The topological polar surface area (TPSA) is 84.9 Å². The van der Waals surface area contributed by atoms with E-state index >= 15 is 0 Å². The first-order chi connectivity index (χ1) is 11.3. The lowest BCUT2D eigenvalue weighted by Gasteiger charge is -2.04. The summed E-state index contributed by atoms with van der Waals surface area (Å²) in [5, 5.41) is 13.3. The Hall–Kier alpha value is -3.28. The van der Waals surface area contributed by atoms with Crippen LogP contribution >= 0.6 is 0 Å². The van der Waals surface area contributed by atoms with Gasteiger partial charge in [-0.2, -0.15) is 0 Å². The molecule has 3 aromatic heterocycles. The summed E-state index contributed by atoms with van der Waals surface area (Å²) in [6.45, 7) is 0. The van der Waals surface area contributed by atoms with E-state index in [4.69, 9.17) is 4.52 Å². The molecule has 4 aromatic rings. The van der Waals surface area contributed by atoms with Crippen molar-refractivity contribution in [3.63, 3.8) is 0 Å². The highest BCUT2D eigenvalue weighted by Gasteiger charge is 2.06. The van der Waals surface area contributed by atoms with E-state index in [1.54, 1.807) is 42.9 Å². The molecule has 3 heterocycles. The lowest BCUT2D eigenvalue weighted by molar-refractivity contribution is 0.413. The Balaban J connectivity index is 1.73. The predicted molar refractivity (Wildman–Crippen MR) is 83.7 cm³/mol. The van der Waals surface area contributed by atoms with Crippen LogP contribution < -0.4 is 0 Å². The number of rotatable bonds is 3. The first-order valence-electron chi connectivity index (χ1n) is 7.08. The van der Waals surface area contributed by atoms with Crippen LogP contribution in [-0.2, 0) is 6.42 Å². The fourth-order valence-corrected chi connectivity index (χ4v) is 2.34. The molecule has 0 aliphatic rings. The molecule has 23 heavy (non-hydrogen) atoms. The van der Waals surface area contributed by atoms with Crippen LogP contribution in [-0.4, -0.2) is 25.2 Å². The summed E-state index contributed by atoms with van der Waals surface area (Å²) in [4.78, 5) is 13.3. The highest BCUT2D eigenvalue weighted by molar-refractivity contribution is 5.76. The molecule has 1 aromatic carbocycles. The van der Waals surface area contributed by atoms with Crippen molar-refractivity contribution >= 4 is 11.0 Å². The summed E-state index contributed by atoms with van der Waals surface area (Å²) in [7, 11) is 0. The van der Waals surface area contributed by atoms with Crippen LogP contribution in [0.5, 0.6) is 5.75 Å². The van der Waals surface area contributed by atoms with Crippen LogP contribution in [0.15, 0.2) is 59.6 Å². The summed E-state index contributed by atoms with van der Waals surface area (Å²) in [5.41, 5.74) is 4.19. The van der Waals surface area contributed by atoms with Crippen molar-refractivity contribution in [2.45, 2.75) is 6.42 Å². The van der Waals surface area contributed by atoms with Gasteiger partial charge < -0.3 is 9.63 Å². The van der Waals surface area contributed by atoms with E-state index in [1.807, 2.05) is 12.1 Å². The van der Waals surface area contributed by atoms with Gasteiger partial charge in [-0.05, 0) is 35.9 Å². The predicted octanol–water partition coefficient (Wildman–Crippen LogP) is 2.98. The van der Waals surface area contributed by atoms with Crippen molar-refractivity contribution in [1.29, 1.82) is 0 Å². The average Bonchev–Trinajstić information content (AvgIpc) is 3.08. The van der Waals surface area contributed by atoms with E-state index in [2.05, 4.69) is 20.1 Å². The van der Waals surface area contributed by atoms with Crippen molar-refractivity contribution in [1.82, 2.24) is 20.1 Å². The minimum atomic E-state index is 0.214. The minimum Gasteiger partial charge on any atom is -0.508 e. The molecule has 0 spiro atoms. The smallest absolute Gasteiger partial charge is 0.159 e. The average molecular weight is 304 g/mol. The van der Waals surface area contributed by atoms with Gasteiger partial charge in [0.25, 0.3) is 0 Å². The van der Waals surface area contributed by atoms with E-state index in [0.29, 0.717) is 12.2 Å². The number of aromatic nitrogens is 4. The number of fused-ring (bicyclic) bond motifs is 1. The Kier molecular flexibility index (Phi) is 3.20. The Morgan fingerprint density at radius 3 is 2.61 bits per heavy atom. The normalized spacial score (nSPS) is 11.0. The van der Waals surface area contributed by atoms with Crippen LogP contribution in [0.4, 0.5) is 0 Å². The molecule has 0 fully saturated rings. The largest absolute Gasteiger partial charge is 0.508 e. The fraction of sp³-hybridized carbons (Fsp3) is 0.0588. The number of aromatic hydroxyl groups is 1. The van der Waals surface area contributed by atoms with Crippen LogP contribution in [0.3, 0.4) is 0 Å². The number of phenolic OH excluding ortho intramolecular Hbond substituents is 1. The second kappa shape index (κ2) is 5.49. The molecule has 0 saturated heterocycles. The molecule has 1 N–H and O–H groups in total. The first-order valence-corrected chi connectivity index (χ1v) is 7.08. The number of pyridine rings is 1. The van der Waals surface area contributed by atoms with Crippen LogP contribution in [0.1, 0.15) is 11.3 Å². The minimum absolute atomic E-state index is 0.214. The van der Waals surface area contributed by atoms with Gasteiger partial charge in [0.15, 0.2) is 5.82 Å². The van der Waals surface area contributed by atoms with Crippen molar-refractivity contribution in [2.24, 2.45) is 0 Å². The number of hydrogen-bond acceptors (Lipinski definition) is 6. The number of nitrogens with zero attached hydrogens (tertiary/aromatic N) is 4. The van der Waals surface area contributed by atoms with Crippen LogP contribution in [0, 0.1) is 0 Å². The Morgan fingerprint density at radius 1 is 0.957 bits per heavy atom. The molecule has 0 atom stereocenters. The fourth-order valence-electron chi connectivity index (χ4n) is 2.34. The maximum Gasteiger partial charge on any atom is 0.159 e. The van der Waals surface area contributed by atoms with Crippen molar-refractivity contribution in [2.75, 3.05) is 0 Å². The van der Waals surface area contributed by atoms with E-state index in [0.717, 1.165) is 27.9 Å². The second-order valence-corrected chi connectivity index (χ2v) is 5.16. The van der Waals surface area contributed by atoms with Gasteiger partial charge in [-0.25, -0.2) is 9.97 Å². The molecule has 0 bridgehead atoms. The zero-order valence-corrected chi connectivity index (χ0v) is 12.0. The Morgan fingerprint density at radius 2 is 1.83 bits per heavy atom. The molecule has 0 radical (unpaired) electrons. The summed E-state index contributed by atoms with van der Waals surface area (Å²) in [5.74, 6) is 0.809. The van der Waals surface area contributed by atoms with Crippen molar-refractivity contribution in [3.8, 4) is 17.1 Å². The summed E-state index contributed by atoms with van der Waals surface area (Å²) in [6.07, 6.45) is 5.68. The molecule has 0 aliphatic heterocycles. The van der Waals surface area contributed by atoms with Gasteiger partial charge >= 0.3 is 0 Å². The summed E-state index contributed by atoms with van der Waals surface area (Å²) < 4.78 is 4.84. The first kappa shape index (κ1) is 13.4. The highest BCUT2D eigenvalue weighted by atomic mass is 16.5. The van der Waals surface area contributed by atoms with Gasteiger partial charge in [0.2, 0.25) is 0 Å². The molecule has 112 valence electrons. The molecule has 0 amide bonds. The maximum absolute atomic E-state index is 9.37. The highest BCUT2D eigenvalue weighted by Crippen LogP contribution is 2.21. The third kappa shape index (κ3) is 2.74. The Labute approximate surface area is 131 Å². The molecule has 0 aliphatic carbocycles. The third-order valence-corrected chi connectivity index (χ3v) is 3.49. The number of benzene rings is 1. The van der Waals surface area contributed by atoms with Gasteiger partial charge in [0.05, 0.1) is 17.4 Å². The van der Waals surface area contributed by atoms with Crippen molar-refractivity contribution < 1.29 is 9.63 Å². The molecule has 6 nitrogen and oxygen atoms in total. The molecule has 4 rings (SSSR count). The zero-order chi connectivity index (χ0) is 15.6. The lowest BCUT2D eigenvalue weighted by atomic mass is 10.1. The quantitative estimate of drug-likeness (QED) is 0.626. The van der Waals surface area contributed by atoms with Crippen LogP contribution in [0.2, 0.25) is 0 Å². The Bertz CT molecular complexity index is 950. The summed E-state index contributed by atoms with van der Waals surface area (Å²) >= 11 is 0. The number of hydrogen-bond donors (Lipinski definition) is 1. The molecule has 0 unspecified atom stereocenters. The second-order valence-electron chi connectivity index (χ2n) is 5.16. The third-order valence-electron chi connectivity index (χ3n) is 3.49. The molecule has 0 saturated carbocycles. The van der Waals surface area contributed by atoms with Gasteiger partial charge in [0.1, 0.15) is 17.5 Å². The maximum atomic E-state index is 9.37. The monoisotopic (exact) mass is 304 g/mol. The lowest BCUT2D eigenvalue weighted by Crippen LogP contribution is -1.95. The molecule has 6 heteroatoms. The van der Waals surface area contributed by atoms with Gasteiger partial charge in [-0.15, -0.1) is 0 Å². The number of phenols is 1. The van der Waals surface area contributed by atoms with E-state index in [1.165, 1.54) is 0 Å². The van der Waals surface area contributed by atoms with Crippen LogP contribution in [0.25, 0.3) is 22.4 Å². The van der Waals surface area contributed by atoms with Crippen molar-refractivity contribution in [3.05, 3.63) is 66.3 Å². The van der Waals surface area contributed by atoms with E-state index in [-0.39, 0.29) is 5.75 Å².